The number of rotatable bonds is 7. The Morgan fingerprint density at radius 3 is 2.68 bits per heavy atom. The minimum atomic E-state index is -3.37. The molecule has 1 aromatic rings. The van der Waals surface area contributed by atoms with Crippen LogP contribution in [0.4, 0.5) is 11.6 Å². The maximum absolute atomic E-state index is 11.8. The Labute approximate surface area is 114 Å². The van der Waals surface area contributed by atoms with E-state index in [1.165, 1.54) is 19.1 Å². The molecule has 1 aliphatic rings. The SMILES string of the molecule is CCCCn1nc(NCC2CC2)c(S(C)(=O)=O)c1N. The van der Waals surface area contributed by atoms with Crippen molar-refractivity contribution in [2.24, 2.45) is 5.92 Å². The van der Waals surface area contributed by atoms with Crippen LogP contribution in [0.25, 0.3) is 0 Å². The van der Waals surface area contributed by atoms with E-state index in [1.807, 2.05) is 0 Å². The molecule has 0 radical (unpaired) electrons. The van der Waals surface area contributed by atoms with Crippen LogP contribution in [-0.4, -0.2) is 31.0 Å². The molecule has 0 saturated heterocycles. The molecule has 1 aliphatic carbocycles. The highest BCUT2D eigenvalue weighted by Crippen LogP contribution is 2.31. The van der Waals surface area contributed by atoms with E-state index in [2.05, 4.69) is 17.3 Å². The van der Waals surface area contributed by atoms with Gasteiger partial charge in [0.1, 0.15) is 5.82 Å². The van der Waals surface area contributed by atoms with Crippen molar-refractivity contribution in [1.29, 1.82) is 0 Å². The van der Waals surface area contributed by atoms with Gasteiger partial charge in [0.15, 0.2) is 20.6 Å². The monoisotopic (exact) mass is 286 g/mol. The summed E-state index contributed by atoms with van der Waals surface area (Å²) in [6.45, 7) is 3.49. The average Bonchev–Trinajstić information content (AvgIpc) is 3.07. The number of nitrogens with two attached hydrogens (primary N) is 1. The number of aromatic nitrogens is 2. The molecule has 1 saturated carbocycles. The van der Waals surface area contributed by atoms with Gasteiger partial charge in [-0.05, 0) is 25.2 Å². The van der Waals surface area contributed by atoms with Crippen molar-refractivity contribution in [3.63, 3.8) is 0 Å². The number of nitrogen functional groups attached to an aromatic ring is 1. The summed E-state index contributed by atoms with van der Waals surface area (Å²) in [6, 6.07) is 0. The van der Waals surface area contributed by atoms with Crippen molar-refractivity contribution < 1.29 is 8.42 Å². The molecule has 0 unspecified atom stereocenters. The lowest BCUT2D eigenvalue weighted by Crippen LogP contribution is -2.08. The van der Waals surface area contributed by atoms with E-state index in [9.17, 15) is 8.42 Å². The van der Waals surface area contributed by atoms with Crippen LogP contribution in [-0.2, 0) is 16.4 Å². The molecule has 7 heteroatoms. The van der Waals surface area contributed by atoms with E-state index in [0.29, 0.717) is 18.3 Å². The molecule has 0 aliphatic heterocycles. The zero-order valence-electron chi connectivity index (χ0n) is 11.5. The standard InChI is InChI=1S/C12H22N4O2S/c1-3-4-7-16-11(13)10(19(2,17)18)12(15-16)14-8-9-5-6-9/h9H,3-8,13H2,1-2H3,(H,14,15). The maximum Gasteiger partial charge on any atom is 0.182 e. The van der Waals surface area contributed by atoms with Gasteiger partial charge in [0.2, 0.25) is 0 Å². The number of hydrogen-bond acceptors (Lipinski definition) is 5. The van der Waals surface area contributed by atoms with Crippen LogP contribution >= 0.6 is 0 Å². The van der Waals surface area contributed by atoms with Gasteiger partial charge >= 0.3 is 0 Å². The molecule has 2 rings (SSSR count). The lowest BCUT2D eigenvalue weighted by atomic mass is 10.3. The van der Waals surface area contributed by atoms with Crippen LogP contribution in [0, 0.1) is 5.92 Å². The molecule has 3 N–H and O–H groups in total. The third-order valence-electron chi connectivity index (χ3n) is 3.30. The Morgan fingerprint density at radius 2 is 2.16 bits per heavy atom. The largest absolute Gasteiger partial charge is 0.383 e. The number of sulfone groups is 1. The molecule has 0 aromatic carbocycles. The maximum atomic E-state index is 11.8. The van der Waals surface area contributed by atoms with Gasteiger partial charge in [0, 0.05) is 19.3 Å². The molecule has 1 fully saturated rings. The fourth-order valence-corrected chi connectivity index (χ4v) is 2.93. The van der Waals surface area contributed by atoms with E-state index < -0.39 is 9.84 Å². The van der Waals surface area contributed by atoms with Crippen molar-refractivity contribution in [2.45, 2.75) is 44.0 Å². The summed E-state index contributed by atoms with van der Waals surface area (Å²) in [6.07, 6.45) is 5.52. The third-order valence-corrected chi connectivity index (χ3v) is 4.44. The zero-order valence-corrected chi connectivity index (χ0v) is 12.3. The molecule has 108 valence electrons. The molecule has 0 atom stereocenters. The first kappa shape index (κ1) is 14.2. The molecule has 0 bridgehead atoms. The average molecular weight is 286 g/mol. The van der Waals surface area contributed by atoms with Gasteiger partial charge in [-0.25, -0.2) is 13.1 Å². The summed E-state index contributed by atoms with van der Waals surface area (Å²) in [7, 11) is -3.37. The first-order valence-corrected chi connectivity index (χ1v) is 8.62. The van der Waals surface area contributed by atoms with Crippen molar-refractivity contribution in [3.05, 3.63) is 0 Å². The van der Waals surface area contributed by atoms with E-state index in [1.54, 1.807) is 4.68 Å². The molecule has 0 spiro atoms. The summed E-state index contributed by atoms with van der Waals surface area (Å²) in [5, 5.41) is 7.44. The van der Waals surface area contributed by atoms with Crippen LogP contribution in [0.5, 0.6) is 0 Å². The predicted octanol–water partition coefficient (Wildman–Crippen LogP) is 1.49. The number of aryl methyl sites for hydroxylation is 1. The minimum absolute atomic E-state index is 0.143. The first-order chi connectivity index (χ1) is 8.93. The smallest absolute Gasteiger partial charge is 0.182 e. The molecule has 1 heterocycles. The Hall–Kier alpha value is -1.24. The van der Waals surface area contributed by atoms with Crippen LogP contribution in [0.2, 0.25) is 0 Å². The van der Waals surface area contributed by atoms with Gasteiger partial charge in [-0.3, -0.25) is 0 Å². The van der Waals surface area contributed by atoms with E-state index >= 15 is 0 Å². The van der Waals surface area contributed by atoms with Crippen molar-refractivity contribution >= 4 is 21.5 Å². The van der Waals surface area contributed by atoms with Crippen molar-refractivity contribution in [1.82, 2.24) is 9.78 Å². The Morgan fingerprint density at radius 1 is 1.47 bits per heavy atom. The number of anilines is 2. The van der Waals surface area contributed by atoms with Crippen LogP contribution in [0.1, 0.15) is 32.6 Å². The van der Waals surface area contributed by atoms with Crippen LogP contribution < -0.4 is 11.1 Å². The second-order valence-corrected chi connectivity index (χ2v) is 7.19. The Balaban J connectivity index is 2.27. The summed E-state index contributed by atoms with van der Waals surface area (Å²) in [5.74, 6) is 1.30. The Kier molecular flexibility index (Phi) is 4.03. The minimum Gasteiger partial charge on any atom is -0.383 e. The molecule has 1 aromatic heterocycles. The van der Waals surface area contributed by atoms with Gasteiger partial charge in [0.25, 0.3) is 0 Å². The van der Waals surface area contributed by atoms with Crippen LogP contribution in [0.3, 0.4) is 0 Å². The van der Waals surface area contributed by atoms with Crippen molar-refractivity contribution in [2.75, 3.05) is 23.9 Å². The fraction of sp³-hybridized carbons (Fsp3) is 0.750. The fourth-order valence-electron chi connectivity index (χ4n) is 1.98. The topological polar surface area (TPSA) is 90.0 Å². The van der Waals surface area contributed by atoms with E-state index in [-0.39, 0.29) is 10.7 Å². The van der Waals surface area contributed by atoms with Gasteiger partial charge in [-0.15, -0.1) is 0 Å². The van der Waals surface area contributed by atoms with E-state index in [4.69, 9.17) is 5.73 Å². The highest BCUT2D eigenvalue weighted by atomic mass is 32.2. The second kappa shape index (κ2) is 5.40. The molecular formula is C12H22N4O2S. The quantitative estimate of drug-likeness (QED) is 0.792. The number of hydrogen-bond donors (Lipinski definition) is 2. The summed E-state index contributed by atoms with van der Waals surface area (Å²) in [5.41, 5.74) is 5.93. The highest BCUT2D eigenvalue weighted by Gasteiger charge is 2.26. The van der Waals surface area contributed by atoms with E-state index in [0.717, 1.165) is 19.4 Å². The molecule has 19 heavy (non-hydrogen) atoms. The summed E-state index contributed by atoms with van der Waals surface area (Å²) >= 11 is 0. The molecule has 6 nitrogen and oxygen atoms in total. The summed E-state index contributed by atoms with van der Waals surface area (Å²) < 4.78 is 25.3. The first-order valence-electron chi connectivity index (χ1n) is 6.73. The highest BCUT2D eigenvalue weighted by molar-refractivity contribution is 7.91. The lowest BCUT2D eigenvalue weighted by Gasteiger charge is -2.03. The predicted molar refractivity (Wildman–Crippen MR) is 75.9 cm³/mol. The lowest BCUT2D eigenvalue weighted by molar-refractivity contribution is 0.578. The van der Waals surface area contributed by atoms with Gasteiger partial charge in [-0.1, -0.05) is 13.3 Å². The van der Waals surface area contributed by atoms with Gasteiger partial charge < -0.3 is 11.1 Å². The van der Waals surface area contributed by atoms with Gasteiger partial charge in [-0.2, -0.15) is 5.10 Å². The Bertz CT molecular complexity index is 546. The number of nitrogens with one attached hydrogen (secondary N) is 1. The molecular weight excluding hydrogens is 264 g/mol. The van der Waals surface area contributed by atoms with Crippen LogP contribution in [0.15, 0.2) is 4.90 Å². The van der Waals surface area contributed by atoms with Gasteiger partial charge in [0.05, 0.1) is 0 Å². The van der Waals surface area contributed by atoms with Crippen molar-refractivity contribution in [3.8, 4) is 0 Å². The second-order valence-electron chi connectivity index (χ2n) is 5.24. The number of nitrogens with zero attached hydrogens (tertiary/aromatic N) is 2. The molecule has 0 amide bonds. The number of unbranched alkanes of at least 4 members (excludes halogenated alkanes) is 1. The summed E-state index contributed by atoms with van der Waals surface area (Å²) in [4.78, 5) is 0.143. The zero-order chi connectivity index (χ0) is 14.0. The normalized spacial score (nSPS) is 15.7. The third kappa shape index (κ3) is 3.40.